The van der Waals surface area contributed by atoms with E-state index < -0.39 is 36.3 Å². The van der Waals surface area contributed by atoms with Crippen LogP contribution in [0.25, 0.3) is 0 Å². The summed E-state index contributed by atoms with van der Waals surface area (Å²) in [6.07, 6.45) is 0.506. The molecule has 0 aliphatic carbocycles. The molecule has 1 atom stereocenters. The third kappa shape index (κ3) is 3.79. The van der Waals surface area contributed by atoms with Gasteiger partial charge in [0.05, 0.1) is 24.3 Å². The lowest BCUT2D eigenvalue weighted by molar-refractivity contribution is -0.127. The maximum absolute atomic E-state index is 12.8. The van der Waals surface area contributed by atoms with E-state index in [9.17, 15) is 19.2 Å². The number of imide groups is 1. The number of carbonyl (C=O) groups excluding carboxylic acids is 4. The Morgan fingerprint density at radius 1 is 1.15 bits per heavy atom. The maximum Gasteiger partial charge on any atom is 0.340 e. The van der Waals surface area contributed by atoms with Crippen LogP contribution in [-0.2, 0) is 9.53 Å². The number of H-pyrrole nitrogens is 1. The van der Waals surface area contributed by atoms with Gasteiger partial charge in [0.25, 0.3) is 5.91 Å². The second-order valence-electron chi connectivity index (χ2n) is 6.82. The summed E-state index contributed by atoms with van der Waals surface area (Å²) in [6.45, 7) is 8.68. The maximum atomic E-state index is 12.8. The monoisotopic (exact) mass is 363 g/mol. The molecule has 2 N–H and O–H groups in total. The molecule has 1 saturated heterocycles. The predicted octanol–water partition coefficient (Wildman–Crippen LogP) is 1.96. The average molecular weight is 363 g/mol. The van der Waals surface area contributed by atoms with Crippen LogP contribution in [0.1, 0.15) is 59.3 Å². The Hall–Kier alpha value is -2.64. The van der Waals surface area contributed by atoms with Crippen molar-refractivity contribution >= 4 is 23.7 Å². The van der Waals surface area contributed by atoms with E-state index in [0.717, 1.165) is 4.90 Å². The van der Waals surface area contributed by atoms with Crippen LogP contribution in [-0.4, -0.2) is 52.8 Å². The highest BCUT2D eigenvalue weighted by Gasteiger charge is 2.40. The molecule has 3 amide bonds. The average Bonchev–Trinajstić information content (AvgIpc) is 2.97. The number of Topliss-reactive ketones (excluding diaryl/α,β-unsaturated/α-hetero) is 1. The number of hydrogen-bond acceptors (Lipinski definition) is 5. The number of esters is 1. The lowest BCUT2D eigenvalue weighted by Gasteiger charge is -2.14. The first-order valence-electron chi connectivity index (χ1n) is 8.68. The van der Waals surface area contributed by atoms with Gasteiger partial charge in [0.1, 0.15) is 6.04 Å². The van der Waals surface area contributed by atoms with Gasteiger partial charge in [0.15, 0.2) is 5.78 Å². The lowest BCUT2D eigenvalue weighted by atomic mass is 10.0. The zero-order valence-electron chi connectivity index (χ0n) is 15.8. The zero-order valence-corrected chi connectivity index (χ0v) is 15.8. The molecular weight excluding hydrogens is 338 g/mol. The Balaban J connectivity index is 2.24. The summed E-state index contributed by atoms with van der Waals surface area (Å²) >= 11 is 0. The molecule has 1 aliphatic rings. The minimum absolute atomic E-state index is 0.153. The van der Waals surface area contributed by atoms with Crippen molar-refractivity contribution in [3.8, 4) is 0 Å². The normalized spacial score (nSPS) is 17.0. The molecule has 1 fully saturated rings. The van der Waals surface area contributed by atoms with E-state index in [1.54, 1.807) is 20.8 Å². The van der Waals surface area contributed by atoms with E-state index >= 15 is 0 Å². The van der Waals surface area contributed by atoms with Crippen molar-refractivity contribution in [1.82, 2.24) is 15.2 Å². The van der Waals surface area contributed by atoms with Crippen molar-refractivity contribution in [2.75, 3.05) is 13.2 Å². The summed E-state index contributed by atoms with van der Waals surface area (Å²) in [5.74, 6) is -1.28. The van der Waals surface area contributed by atoms with Gasteiger partial charge in [0, 0.05) is 11.4 Å². The van der Waals surface area contributed by atoms with Crippen LogP contribution >= 0.6 is 0 Å². The number of urea groups is 1. The smallest absolute Gasteiger partial charge is 0.340 e. The molecule has 0 radical (unpaired) electrons. The van der Waals surface area contributed by atoms with E-state index in [-0.39, 0.29) is 23.7 Å². The third-order valence-electron chi connectivity index (χ3n) is 4.25. The molecular formula is C18H25N3O5. The SMILES string of the molecule is CCOC(=O)c1c(C)[nH]c(C)c1C(=O)CN1C(=O)N[C@@H](CC(C)C)C1=O. The summed E-state index contributed by atoms with van der Waals surface area (Å²) in [4.78, 5) is 53.4. The Kier molecular flexibility index (Phi) is 5.84. The number of nitrogens with zero attached hydrogens (tertiary/aromatic N) is 1. The summed E-state index contributed by atoms with van der Waals surface area (Å²) in [5, 5.41) is 2.61. The quantitative estimate of drug-likeness (QED) is 0.437. The molecule has 2 heterocycles. The van der Waals surface area contributed by atoms with Gasteiger partial charge in [-0.25, -0.2) is 9.59 Å². The van der Waals surface area contributed by atoms with Gasteiger partial charge in [-0.2, -0.15) is 0 Å². The molecule has 0 unspecified atom stereocenters. The summed E-state index contributed by atoms with van der Waals surface area (Å²) in [6, 6.07) is -1.20. The number of nitrogens with one attached hydrogen (secondary N) is 2. The van der Waals surface area contributed by atoms with E-state index in [0.29, 0.717) is 17.8 Å². The van der Waals surface area contributed by atoms with Gasteiger partial charge in [-0.3, -0.25) is 14.5 Å². The van der Waals surface area contributed by atoms with Crippen molar-refractivity contribution in [2.24, 2.45) is 5.92 Å². The topological polar surface area (TPSA) is 109 Å². The Bertz CT molecular complexity index is 750. The van der Waals surface area contributed by atoms with Gasteiger partial charge in [0.2, 0.25) is 0 Å². The lowest BCUT2D eigenvalue weighted by Crippen LogP contribution is -2.36. The number of carbonyl (C=O) groups is 4. The Morgan fingerprint density at radius 2 is 1.77 bits per heavy atom. The number of amides is 3. The fraction of sp³-hybridized carbons (Fsp3) is 0.556. The van der Waals surface area contributed by atoms with Crippen LogP contribution in [0, 0.1) is 19.8 Å². The van der Waals surface area contributed by atoms with Crippen LogP contribution in [0.5, 0.6) is 0 Å². The third-order valence-corrected chi connectivity index (χ3v) is 4.25. The van der Waals surface area contributed by atoms with E-state index in [4.69, 9.17) is 4.74 Å². The summed E-state index contributed by atoms with van der Waals surface area (Å²) < 4.78 is 5.01. The largest absolute Gasteiger partial charge is 0.462 e. The van der Waals surface area contributed by atoms with Gasteiger partial charge in [-0.15, -0.1) is 0 Å². The number of aryl methyl sites for hydroxylation is 2. The van der Waals surface area contributed by atoms with Gasteiger partial charge >= 0.3 is 12.0 Å². The fourth-order valence-electron chi connectivity index (χ4n) is 3.17. The molecule has 0 saturated carbocycles. The molecule has 0 aromatic carbocycles. The van der Waals surface area contributed by atoms with Crippen LogP contribution < -0.4 is 5.32 Å². The standard InChI is InChI=1S/C18H25N3O5/c1-6-26-17(24)15-11(5)19-10(4)14(15)13(22)8-21-16(23)12(7-9(2)3)20-18(21)25/h9,12,19H,6-8H2,1-5H3,(H,20,25)/t12-/m0/s1. The molecule has 2 rings (SSSR count). The molecule has 0 bridgehead atoms. The highest BCUT2D eigenvalue weighted by molar-refractivity contribution is 6.13. The Labute approximate surface area is 152 Å². The molecule has 26 heavy (non-hydrogen) atoms. The first kappa shape index (κ1) is 19.7. The minimum atomic E-state index is -0.617. The molecule has 1 aromatic rings. The van der Waals surface area contributed by atoms with Crippen molar-refractivity contribution in [1.29, 1.82) is 0 Å². The Morgan fingerprint density at radius 3 is 2.35 bits per heavy atom. The highest BCUT2D eigenvalue weighted by Crippen LogP contribution is 2.22. The zero-order chi connectivity index (χ0) is 19.6. The highest BCUT2D eigenvalue weighted by atomic mass is 16.5. The number of rotatable bonds is 7. The van der Waals surface area contributed by atoms with Crippen LogP contribution in [0.15, 0.2) is 0 Å². The predicted molar refractivity (Wildman–Crippen MR) is 94.0 cm³/mol. The van der Waals surface area contributed by atoms with Crippen LogP contribution in [0.4, 0.5) is 4.79 Å². The van der Waals surface area contributed by atoms with Crippen LogP contribution in [0.2, 0.25) is 0 Å². The van der Waals surface area contributed by atoms with Gasteiger partial charge in [-0.1, -0.05) is 13.8 Å². The summed E-state index contributed by atoms with van der Waals surface area (Å²) in [5.41, 5.74) is 1.33. The first-order valence-corrected chi connectivity index (χ1v) is 8.68. The molecule has 1 aliphatic heterocycles. The van der Waals surface area contributed by atoms with Gasteiger partial charge in [-0.05, 0) is 33.1 Å². The van der Waals surface area contributed by atoms with E-state index in [2.05, 4.69) is 10.3 Å². The number of hydrogen-bond donors (Lipinski definition) is 2. The van der Waals surface area contributed by atoms with Crippen molar-refractivity contribution in [3.05, 3.63) is 22.5 Å². The van der Waals surface area contributed by atoms with E-state index in [1.165, 1.54) is 0 Å². The summed E-state index contributed by atoms with van der Waals surface area (Å²) in [7, 11) is 0. The molecule has 0 spiro atoms. The molecule has 142 valence electrons. The van der Waals surface area contributed by atoms with E-state index in [1.807, 2.05) is 13.8 Å². The number of ketones is 1. The van der Waals surface area contributed by atoms with Gasteiger partial charge < -0.3 is 15.0 Å². The fourth-order valence-corrected chi connectivity index (χ4v) is 3.17. The number of aromatic nitrogens is 1. The van der Waals surface area contributed by atoms with Crippen LogP contribution in [0.3, 0.4) is 0 Å². The second-order valence-corrected chi connectivity index (χ2v) is 6.82. The second kappa shape index (κ2) is 7.72. The number of aromatic amines is 1. The van der Waals surface area contributed by atoms with Crippen molar-refractivity contribution in [2.45, 2.75) is 47.1 Å². The number of ether oxygens (including phenoxy) is 1. The molecule has 1 aromatic heterocycles. The minimum Gasteiger partial charge on any atom is -0.462 e. The molecule has 8 nitrogen and oxygen atoms in total. The molecule has 8 heteroatoms. The van der Waals surface area contributed by atoms with Crippen molar-refractivity contribution in [3.63, 3.8) is 0 Å². The van der Waals surface area contributed by atoms with Crippen molar-refractivity contribution < 1.29 is 23.9 Å². The first-order chi connectivity index (χ1) is 12.2.